The molecular formula is C12H15NO. The van der Waals surface area contributed by atoms with E-state index in [2.05, 4.69) is 13.5 Å². The number of nitrogens with two attached hydrogens (primary N) is 1. The predicted octanol–water partition coefficient (Wildman–Crippen LogP) is 2.22. The molecule has 0 aliphatic rings. The van der Waals surface area contributed by atoms with Crippen molar-refractivity contribution in [2.24, 2.45) is 5.73 Å². The SMILES string of the molecule is C=C(CC(C)c1ccccc1)C(N)=O. The van der Waals surface area contributed by atoms with Crippen molar-refractivity contribution in [3.63, 3.8) is 0 Å². The molecule has 14 heavy (non-hydrogen) atoms. The predicted molar refractivity (Wildman–Crippen MR) is 57.8 cm³/mol. The minimum atomic E-state index is -0.409. The Kier molecular flexibility index (Phi) is 3.46. The number of hydrogen-bond acceptors (Lipinski definition) is 1. The third-order valence-corrected chi connectivity index (χ3v) is 2.27. The molecule has 1 aromatic carbocycles. The number of carbonyl (C=O) groups is 1. The van der Waals surface area contributed by atoms with E-state index in [1.54, 1.807) is 0 Å². The van der Waals surface area contributed by atoms with Crippen molar-refractivity contribution < 1.29 is 4.79 Å². The van der Waals surface area contributed by atoms with E-state index < -0.39 is 5.91 Å². The second kappa shape index (κ2) is 4.61. The lowest BCUT2D eigenvalue weighted by Crippen LogP contribution is -2.14. The molecule has 1 unspecified atom stereocenters. The molecule has 2 heteroatoms. The second-order valence-electron chi connectivity index (χ2n) is 3.48. The minimum absolute atomic E-state index is 0.288. The molecule has 1 aromatic rings. The highest BCUT2D eigenvalue weighted by Gasteiger charge is 2.09. The number of benzene rings is 1. The Morgan fingerprint density at radius 2 is 2.00 bits per heavy atom. The van der Waals surface area contributed by atoms with Crippen LogP contribution in [0.4, 0.5) is 0 Å². The average Bonchev–Trinajstić information content (AvgIpc) is 2.19. The van der Waals surface area contributed by atoms with Crippen LogP contribution in [0.2, 0.25) is 0 Å². The zero-order valence-electron chi connectivity index (χ0n) is 8.36. The van der Waals surface area contributed by atoms with Crippen LogP contribution in [0.1, 0.15) is 24.8 Å². The third kappa shape index (κ3) is 2.73. The molecule has 1 atom stereocenters. The molecule has 1 amide bonds. The quantitative estimate of drug-likeness (QED) is 0.725. The fourth-order valence-corrected chi connectivity index (χ4v) is 1.37. The van der Waals surface area contributed by atoms with Crippen molar-refractivity contribution in [1.82, 2.24) is 0 Å². The molecule has 0 fully saturated rings. The van der Waals surface area contributed by atoms with Gasteiger partial charge in [-0.05, 0) is 17.9 Å². The molecule has 0 aromatic heterocycles. The fourth-order valence-electron chi connectivity index (χ4n) is 1.37. The van der Waals surface area contributed by atoms with Crippen molar-refractivity contribution >= 4 is 5.91 Å². The summed E-state index contributed by atoms with van der Waals surface area (Å²) < 4.78 is 0. The van der Waals surface area contributed by atoms with Crippen LogP contribution in [0.15, 0.2) is 42.5 Å². The Labute approximate surface area is 84.4 Å². The highest BCUT2D eigenvalue weighted by Crippen LogP contribution is 2.21. The maximum Gasteiger partial charge on any atom is 0.244 e. The van der Waals surface area contributed by atoms with Gasteiger partial charge in [0.05, 0.1) is 0 Å². The monoisotopic (exact) mass is 189 g/mol. The Hall–Kier alpha value is -1.57. The molecule has 2 N–H and O–H groups in total. The van der Waals surface area contributed by atoms with Crippen LogP contribution in [0.3, 0.4) is 0 Å². The lowest BCUT2D eigenvalue weighted by molar-refractivity contribution is -0.114. The Morgan fingerprint density at radius 3 is 2.50 bits per heavy atom. The van der Waals surface area contributed by atoms with E-state index in [1.165, 1.54) is 5.56 Å². The van der Waals surface area contributed by atoms with Crippen molar-refractivity contribution in [3.05, 3.63) is 48.0 Å². The molecule has 0 bridgehead atoms. The number of primary amides is 1. The summed E-state index contributed by atoms with van der Waals surface area (Å²) in [4.78, 5) is 10.8. The second-order valence-corrected chi connectivity index (χ2v) is 3.48. The van der Waals surface area contributed by atoms with Gasteiger partial charge in [0.1, 0.15) is 0 Å². The van der Waals surface area contributed by atoms with Gasteiger partial charge < -0.3 is 5.73 Å². The molecule has 2 nitrogen and oxygen atoms in total. The van der Waals surface area contributed by atoms with Gasteiger partial charge in [-0.2, -0.15) is 0 Å². The summed E-state index contributed by atoms with van der Waals surface area (Å²) in [6.45, 7) is 5.70. The van der Waals surface area contributed by atoms with Crippen molar-refractivity contribution in [1.29, 1.82) is 0 Å². The molecule has 0 aliphatic carbocycles. The Balaban J connectivity index is 2.64. The van der Waals surface area contributed by atoms with E-state index in [0.29, 0.717) is 12.0 Å². The first-order valence-corrected chi connectivity index (χ1v) is 4.63. The molecule has 0 saturated carbocycles. The Bertz CT molecular complexity index is 329. The van der Waals surface area contributed by atoms with Gasteiger partial charge in [0.15, 0.2) is 0 Å². The first kappa shape index (κ1) is 10.5. The summed E-state index contributed by atoms with van der Waals surface area (Å²) in [7, 11) is 0. The van der Waals surface area contributed by atoms with Gasteiger partial charge in [-0.1, -0.05) is 43.8 Å². The topological polar surface area (TPSA) is 43.1 Å². The molecule has 0 heterocycles. The number of amides is 1. The number of hydrogen-bond donors (Lipinski definition) is 1. The minimum Gasteiger partial charge on any atom is -0.366 e. The van der Waals surface area contributed by atoms with Gasteiger partial charge in [0.2, 0.25) is 5.91 Å². The normalized spacial score (nSPS) is 12.1. The number of rotatable bonds is 4. The van der Waals surface area contributed by atoms with E-state index >= 15 is 0 Å². The van der Waals surface area contributed by atoms with Gasteiger partial charge in [0.25, 0.3) is 0 Å². The highest BCUT2D eigenvalue weighted by atomic mass is 16.1. The first-order chi connectivity index (χ1) is 6.61. The van der Waals surface area contributed by atoms with E-state index in [4.69, 9.17) is 5.73 Å². The number of carbonyl (C=O) groups excluding carboxylic acids is 1. The summed E-state index contributed by atoms with van der Waals surface area (Å²) in [6, 6.07) is 10.0. The van der Waals surface area contributed by atoms with Crippen LogP contribution in [0.5, 0.6) is 0 Å². The lowest BCUT2D eigenvalue weighted by Gasteiger charge is -2.11. The van der Waals surface area contributed by atoms with Crippen LogP contribution in [-0.4, -0.2) is 5.91 Å². The summed E-state index contributed by atoms with van der Waals surface area (Å²) in [6.07, 6.45) is 0.624. The summed E-state index contributed by atoms with van der Waals surface area (Å²) in [5, 5.41) is 0. The summed E-state index contributed by atoms with van der Waals surface area (Å²) in [5.74, 6) is -0.121. The van der Waals surface area contributed by atoms with Gasteiger partial charge in [0, 0.05) is 5.57 Å². The summed E-state index contributed by atoms with van der Waals surface area (Å²) in [5.41, 5.74) is 6.81. The van der Waals surface area contributed by atoms with Crippen molar-refractivity contribution in [2.45, 2.75) is 19.3 Å². The van der Waals surface area contributed by atoms with E-state index in [-0.39, 0.29) is 5.92 Å². The fraction of sp³-hybridized carbons (Fsp3) is 0.250. The maximum atomic E-state index is 10.8. The van der Waals surface area contributed by atoms with E-state index in [9.17, 15) is 4.79 Å². The van der Waals surface area contributed by atoms with E-state index in [0.717, 1.165) is 0 Å². The summed E-state index contributed by atoms with van der Waals surface area (Å²) >= 11 is 0. The van der Waals surface area contributed by atoms with E-state index in [1.807, 2.05) is 30.3 Å². The van der Waals surface area contributed by atoms with Gasteiger partial charge in [-0.3, -0.25) is 4.79 Å². The molecular weight excluding hydrogens is 174 g/mol. The molecule has 0 saturated heterocycles. The van der Waals surface area contributed by atoms with Gasteiger partial charge >= 0.3 is 0 Å². The van der Waals surface area contributed by atoms with Crippen LogP contribution in [0, 0.1) is 0 Å². The van der Waals surface area contributed by atoms with Gasteiger partial charge in [-0.15, -0.1) is 0 Å². The molecule has 0 spiro atoms. The lowest BCUT2D eigenvalue weighted by atomic mass is 9.94. The van der Waals surface area contributed by atoms with Crippen LogP contribution in [-0.2, 0) is 4.79 Å². The largest absolute Gasteiger partial charge is 0.366 e. The van der Waals surface area contributed by atoms with Crippen LogP contribution in [0.25, 0.3) is 0 Å². The van der Waals surface area contributed by atoms with Gasteiger partial charge in [-0.25, -0.2) is 0 Å². The highest BCUT2D eigenvalue weighted by molar-refractivity contribution is 5.91. The average molecular weight is 189 g/mol. The molecule has 74 valence electrons. The molecule has 0 radical (unpaired) electrons. The van der Waals surface area contributed by atoms with Crippen LogP contribution < -0.4 is 5.73 Å². The molecule has 0 aliphatic heterocycles. The maximum absolute atomic E-state index is 10.8. The first-order valence-electron chi connectivity index (χ1n) is 4.63. The Morgan fingerprint density at radius 1 is 1.43 bits per heavy atom. The third-order valence-electron chi connectivity index (χ3n) is 2.27. The molecule has 1 rings (SSSR count). The zero-order chi connectivity index (χ0) is 10.6. The zero-order valence-corrected chi connectivity index (χ0v) is 8.36. The van der Waals surface area contributed by atoms with Crippen molar-refractivity contribution in [2.75, 3.05) is 0 Å². The standard InChI is InChI=1S/C12H15NO/c1-9(8-10(2)12(13)14)11-6-4-3-5-7-11/h3-7,9H,2,8H2,1H3,(H2,13,14). The van der Waals surface area contributed by atoms with Crippen molar-refractivity contribution in [3.8, 4) is 0 Å². The smallest absolute Gasteiger partial charge is 0.244 e. The van der Waals surface area contributed by atoms with Crippen LogP contribution >= 0.6 is 0 Å².